The van der Waals surface area contributed by atoms with Crippen molar-refractivity contribution in [2.45, 2.75) is 568 Å². The van der Waals surface area contributed by atoms with Crippen molar-refractivity contribution in [1.82, 2.24) is 0 Å². The van der Waals surface area contributed by atoms with Gasteiger partial charge in [0, 0.05) is 29.6 Å². The average molecular weight is 2180 g/mol. The van der Waals surface area contributed by atoms with Crippen LogP contribution >= 0.6 is 0 Å². The largest absolute Gasteiger partial charge is 0.394 e. The van der Waals surface area contributed by atoms with E-state index in [1.807, 2.05) is 173 Å². The minimum atomic E-state index is -1.78. The molecule has 45 nitrogen and oxygen atoms in total. The maximum atomic E-state index is 11.2. The first-order chi connectivity index (χ1) is 69.1. The van der Waals surface area contributed by atoms with Gasteiger partial charge in [-0.25, -0.2) is 0 Å². The number of hydrogen-bond donors (Lipinski definition) is 28. The molecule has 11 fully saturated rings. The van der Waals surface area contributed by atoms with E-state index in [-0.39, 0.29) is 67.0 Å². The molecule has 0 aromatic heterocycles. The van der Waals surface area contributed by atoms with Crippen molar-refractivity contribution in [3.63, 3.8) is 0 Å². The van der Waals surface area contributed by atoms with E-state index in [0.717, 1.165) is 0 Å². The van der Waals surface area contributed by atoms with Crippen LogP contribution in [0.25, 0.3) is 0 Å². The van der Waals surface area contributed by atoms with Gasteiger partial charge in [-0.05, 0) is 81.0 Å². The number of aliphatic hydroxyl groups is 28. The Hall–Kier alpha value is -1.80. The van der Waals surface area contributed by atoms with E-state index in [1.54, 1.807) is 69.2 Å². The zero-order chi connectivity index (χ0) is 116. The summed E-state index contributed by atoms with van der Waals surface area (Å²) in [6, 6.07) is 0. The van der Waals surface area contributed by atoms with Gasteiger partial charge in [-0.15, -0.1) is 0 Å². The van der Waals surface area contributed by atoms with Crippen LogP contribution in [-0.4, -0.2) is 489 Å². The molecular formula is C104H206O45. The summed E-state index contributed by atoms with van der Waals surface area (Å²) >= 11 is 0. The highest BCUT2D eigenvalue weighted by Gasteiger charge is 2.60. The molecule has 11 saturated heterocycles. The molecule has 28 N–H and O–H groups in total. The zero-order valence-electron chi connectivity index (χ0n) is 95.1. The van der Waals surface area contributed by atoms with Crippen LogP contribution in [0.1, 0.15) is 262 Å². The molecule has 892 valence electrons. The highest BCUT2D eigenvalue weighted by Crippen LogP contribution is 2.45. The molecule has 10 unspecified atom stereocenters. The predicted molar refractivity (Wildman–Crippen MR) is 541 cm³/mol. The van der Waals surface area contributed by atoms with Crippen LogP contribution in [0, 0.1) is 56.7 Å². The molecule has 45 heteroatoms. The van der Waals surface area contributed by atoms with E-state index in [1.165, 1.54) is 0 Å². The van der Waals surface area contributed by atoms with Crippen molar-refractivity contribution in [1.29, 1.82) is 0 Å². The van der Waals surface area contributed by atoms with Crippen LogP contribution in [0.4, 0.5) is 0 Å². The van der Waals surface area contributed by atoms with E-state index < -0.39 is 336 Å². The molecule has 11 heterocycles. The molecule has 149 heavy (non-hydrogen) atoms. The molecule has 11 aliphatic rings. The monoisotopic (exact) mass is 2180 g/mol. The SMILES string of the molecule is CC.CC.CC.CC.CC.CC1O[C@@H](C(C)(C)C)C(O[C@@H]2OC(CC(C)(C)C)[C@@H](O)[C@@H](O)C2O)[C@@H](O)[C@H]1O.CC1O[C@@H](C(C)(C)C)C(O[C@@H]2OC(CC(C)(C)C)[C@@H](O)[C@@H](O)C2O[C@@H]2OC(CO)[C@@H](O)[C@@H](O)C2O)[C@@H](O)[C@H]1O.C[C@@H]1[C@@H](O)[C@H](C)O[C@H](CO)[C@H]1O[C@@H]1O[C@H](CC(C)(C)C)[C@@H](O)[C@H](O)[C@H]1O.C[C@@H]1[C@@H](O)[C@H](C)O[C@H](CO)[C@H]1O[C@@H]1O[C@H](CO)[C@@H](C)[C@H](O)[C@H]1O.C[C@@H]1[C@@H](O)[C@H](C)O[C@H](CO)[C@H]1O[C@@H]1O[C@H](CO)[C@H](C)[C@H](O)[C@H]1O. The van der Waals surface area contributed by atoms with Gasteiger partial charge in [0.15, 0.2) is 37.7 Å². The van der Waals surface area contributed by atoms with Gasteiger partial charge in [-0.2, -0.15) is 0 Å². The third kappa shape index (κ3) is 38.4. The summed E-state index contributed by atoms with van der Waals surface area (Å²) in [7, 11) is 0. The highest BCUT2D eigenvalue weighted by molar-refractivity contribution is 5.05. The number of rotatable bonds is 21. The lowest BCUT2D eigenvalue weighted by atomic mass is 9.80. The number of ether oxygens (including phenoxy) is 17. The molecule has 11 aliphatic heterocycles. The molecule has 55 atom stereocenters. The van der Waals surface area contributed by atoms with Crippen LogP contribution in [0.15, 0.2) is 0 Å². The third-order valence-electron chi connectivity index (χ3n) is 28.3. The maximum Gasteiger partial charge on any atom is 0.187 e. The first kappa shape index (κ1) is 143. The highest BCUT2D eigenvalue weighted by atomic mass is 16.8. The summed E-state index contributed by atoms with van der Waals surface area (Å²) in [4.78, 5) is 0. The maximum absolute atomic E-state index is 11.2. The Morgan fingerprint density at radius 3 is 0.597 bits per heavy atom. The second-order valence-corrected chi connectivity index (χ2v) is 45.7. The smallest absolute Gasteiger partial charge is 0.187 e. The predicted octanol–water partition coefficient (Wildman–Crippen LogP) is -0.865. The number of aliphatic hydroxyl groups excluding tert-OH is 28. The first-order valence-corrected chi connectivity index (χ1v) is 53.8. The summed E-state index contributed by atoms with van der Waals surface area (Å²) in [5, 5.41) is 285. The van der Waals surface area contributed by atoms with Crippen LogP contribution in [0.3, 0.4) is 0 Å². The van der Waals surface area contributed by atoms with Gasteiger partial charge in [0.05, 0.1) is 162 Å². The Labute approximate surface area is 883 Å². The van der Waals surface area contributed by atoms with E-state index >= 15 is 0 Å². The van der Waals surface area contributed by atoms with E-state index in [0.29, 0.717) is 19.3 Å². The van der Waals surface area contributed by atoms with Crippen molar-refractivity contribution in [2.24, 2.45) is 56.7 Å². The Balaban J connectivity index is 0.000000623. The van der Waals surface area contributed by atoms with Gasteiger partial charge in [-0.3, -0.25) is 0 Å². The van der Waals surface area contributed by atoms with Crippen molar-refractivity contribution in [3.05, 3.63) is 0 Å². The first-order valence-electron chi connectivity index (χ1n) is 53.8. The molecule has 0 bridgehead atoms. The van der Waals surface area contributed by atoms with Crippen molar-refractivity contribution >= 4 is 0 Å². The third-order valence-corrected chi connectivity index (χ3v) is 28.3. The Kier molecular flexibility index (Phi) is 61.7. The van der Waals surface area contributed by atoms with Gasteiger partial charge in [0.2, 0.25) is 0 Å². The molecule has 0 radical (unpaired) electrons. The van der Waals surface area contributed by atoms with Crippen LogP contribution in [-0.2, 0) is 80.5 Å². The Morgan fingerprint density at radius 1 is 0.168 bits per heavy atom. The normalized spacial score (nSPS) is 45.7. The lowest BCUT2D eigenvalue weighted by Crippen LogP contribution is -2.67. The molecular weight excluding hydrogens is 1970 g/mol. The molecule has 0 amide bonds. The molecule has 11 rings (SSSR count). The van der Waals surface area contributed by atoms with Gasteiger partial charge in [0.25, 0.3) is 0 Å². The quantitative estimate of drug-likeness (QED) is 0.0664. The van der Waals surface area contributed by atoms with Crippen molar-refractivity contribution in [2.75, 3.05) is 39.6 Å². The second-order valence-electron chi connectivity index (χ2n) is 45.7. The number of hydrogen-bond acceptors (Lipinski definition) is 45. The standard InChI is InChI=1S/C26H48O13.C20H38O8.C18H34O8.2C15H28O8.5C2H6/c1-10-13(28)17(32)20(22(35-10)26(5,6)7)38-24-21(18(33)14(29)11(36-24)8-25(2,3)4)39-23-19(34)16(31)15(30)12(9-27)37-23;1-9-11(21)14(24)16(17(26-9)20(5,6)7)28-18-15(25)13(23)12(22)10(27-18)8-19(2,3)4;1-8-12(20)9(2)24-11(7-19)16(8)26-17-15(23)14(22)13(21)10(25-17)6-18(3,4)5;2*1-6-9(4-16)22-15(13(20)12(6)19)23-14-7(2)11(18)8(3)21-10(14)5-17;5*1-2/h10-24,27-34H,8-9H2,1-7H3;9-18,21-25H,8H2,1-7H3;8-17,19-23H,6-7H2,1-5H3;2*6-20H,4-5H2,1-3H3;5*1-2H3/t10?,11?,12?,13-,14+,15+,16+,17-,18+,19?,20?,21?,22+,23-,24-;9?,10?,11-,12+,13+,14-,15?,16?,17+,18-;8-,9+,10-,11-,12-,13-,14+,15-,16+,17+;6-,7+,8-,9+,10+,11+,12-,13+,14-,15-;6-,7-,8+,9-,10-,11-,12+,13-,14+,15+;;;;;/m00101...../s1. The lowest BCUT2D eigenvalue weighted by molar-refractivity contribution is -0.384. The second kappa shape index (κ2) is 64.2. The Bertz CT molecular complexity index is 3440. The van der Waals surface area contributed by atoms with Crippen LogP contribution < -0.4 is 0 Å². The summed E-state index contributed by atoms with van der Waals surface area (Å²) in [5.74, 6) is -2.01. The molecule has 0 saturated carbocycles. The van der Waals surface area contributed by atoms with Gasteiger partial charge < -0.3 is 224 Å². The summed E-state index contributed by atoms with van der Waals surface area (Å²) in [6.45, 7) is 63.8. The van der Waals surface area contributed by atoms with E-state index in [2.05, 4.69) is 0 Å². The minimum absolute atomic E-state index is 0.168. The fourth-order valence-electron chi connectivity index (χ4n) is 19.5. The van der Waals surface area contributed by atoms with Crippen LogP contribution in [0.5, 0.6) is 0 Å². The molecule has 0 aromatic rings. The molecule has 0 spiro atoms. The summed E-state index contributed by atoms with van der Waals surface area (Å²) in [6.07, 6.45) is -52.4. The van der Waals surface area contributed by atoms with Gasteiger partial charge in [-0.1, -0.05) is 208 Å². The topological polar surface area (TPSA) is 723 Å². The molecule has 0 aromatic carbocycles. The average Bonchev–Trinajstić information content (AvgIpc) is 0.758. The lowest BCUT2D eigenvalue weighted by Gasteiger charge is -2.51. The summed E-state index contributed by atoms with van der Waals surface area (Å²) in [5.41, 5.74) is -1.67. The van der Waals surface area contributed by atoms with Gasteiger partial charge >= 0.3 is 0 Å². The van der Waals surface area contributed by atoms with Gasteiger partial charge in [0.1, 0.15) is 146 Å². The summed E-state index contributed by atoms with van der Waals surface area (Å²) < 4.78 is 98.0. The van der Waals surface area contributed by atoms with E-state index in [9.17, 15) is 143 Å². The van der Waals surface area contributed by atoms with Crippen molar-refractivity contribution < 1.29 is 224 Å². The van der Waals surface area contributed by atoms with Crippen LogP contribution in [0.2, 0.25) is 0 Å². The van der Waals surface area contributed by atoms with Crippen molar-refractivity contribution in [3.8, 4) is 0 Å². The fourth-order valence-corrected chi connectivity index (χ4v) is 19.5. The Morgan fingerprint density at radius 2 is 0.356 bits per heavy atom. The van der Waals surface area contributed by atoms with E-state index in [4.69, 9.17) is 80.5 Å². The minimum Gasteiger partial charge on any atom is -0.394 e. The molecule has 0 aliphatic carbocycles. The zero-order valence-corrected chi connectivity index (χ0v) is 95.1. The fraction of sp³-hybridized carbons (Fsp3) is 1.00.